The van der Waals surface area contributed by atoms with Crippen LogP contribution in [0.15, 0.2) is 48.8 Å². The number of ether oxygens (including phenoxy) is 3. The minimum absolute atomic E-state index is 0.00968. The minimum atomic E-state index is -0.161. The van der Waals surface area contributed by atoms with Crippen LogP contribution in [-0.4, -0.2) is 60.8 Å². The van der Waals surface area contributed by atoms with Crippen molar-refractivity contribution in [2.75, 3.05) is 38.7 Å². The van der Waals surface area contributed by atoms with E-state index in [4.69, 9.17) is 14.2 Å². The van der Waals surface area contributed by atoms with Gasteiger partial charge in [0.05, 0.1) is 24.4 Å². The summed E-state index contributed by atoms with van der Waals surface area (Å²) in [5, 5.41) is 2.95. The SMILES string of the molecule is COC1CN(CC(=O)Nc2ccc(Oc3cccnc3)cc2)CCC12CCCO2. The molecule has 4 rings (SSSR count). The molecule has 0 aliphatic carbocycles. The van der Waals surface area contributed by atoms with Gasteiger partial charge < -0.3 is 19.5 Å². The van der Waals surface area contributed by atoms with E-state index < -0.39 is 0 Å². The zero-order chi connectivity index (χ0) is 20.1. The number of methoxy groups -OCH3 is 1. The van der Waals surface area contributed by atoms with Gasteiger partial charge in [0.1, 0.15) is 11.5 Å². The van der Waals surface area contributed by atoms with Gasteiger partial charge in [0.2, 0.25) is 5.91 Å². The standard InChI is InChI=1S/C22H27N3O4/c1-27-20-15-25(12-10-22(20)9-3-13-28-22)16-21(26)24-17-5-7-18(8-6-17)29-19-4-2-11-23-14-19/h2,4-8,11,14,20H,3,9-10,12-13,15-16H2,1H3,(H,24,26). The number of amides is 1. The van der Waals surface area contributed by atoms with Gasteiger partial charge in [-0.1, -0.05) is 0 Å². The van der Waals surface area contributed by atoms with Crippen LogP contribution in [0.4, 0.5) is 5.69 Å². The Labute approximate surface area is 171 Å². The van der Waals surface area contributed by atoms with Crippen LogP contribution in [0.25, 0.3) is 0 Å². The van der Waals surface area contributed by atoms with Crippen molar-refractivity contribution in [2.45, 2.75) is 31.0 Å². The first-order valence-electron chi connectivity index (χ1n) is 10.0. The molecule has 0 radical (unpaired) electrons. The van der Waals surface area contributed by atoms with Gasteiger partial charge in [0.25, 0.3) is 0 Å². The highest BCUT2D eigenvalue weighted by Gasteiger charge is 2.46. The van der Waals surface area contributed by atoms with Crippen molar-refractivity contribution in [3.8, 4) is 11.5 Å². The molecular formula is C22H27N3O4. The second-order valence-corrected chi connectivity index (χ2v) is 7.59. The molecule has 2 unspecified atom stereocenters. The molecule has 1 N–H and O–H groups in total. The third-order valence-corrected chi connectivity index (χ3v) is 5.66. The number of aromatic nitrogens is 1. The summed E-state index contributed by atoms with van der Waals surface area (Å²) in [7, 11) is 1.73. The summed E-state index contributed by atoms with van der Waals surface area (Å²) in [6.45, 7) is 2.69. The van der Waals surface area contributed by atoms with Crippen molar-refractivity contribution >= 4 is 11.6 Å². The summed E-state index contributed by atoms with van der Waals surface area (Å²) < 4.78 is 17.4. The van der Waals surface area contributed by atoms with Crippen LogP contribution in [0.5, 0.6) is 11.5 Å². The summed E-state index contributed by atoms with van der Waals surface area (Å²) in [4.78, 5) is 18.7. The number of piperidine rings is 1. The Hall–Kier alpha value is -2.48. The van der Waals surface area contributed by atoms with E-state index >= 15 is 0 Å². The van der Waals surface area contributed by atoms with E-state index in [1.807, 2.05) is 36.4 Å². The van der Waals surface area contributed by atoms with Crippen molar-refractivity contribution in [3.05, 3.63) is 48.8 Å². The minimum Gasteiger partial charge on any atom is -0.456 e. The quantitative estimate of drug-likeness (QED) is 0.808. The summed E-state index contributed by atoms with van der Waals surface area (Å²) in [5.74, 6) is 1.33. The third-order valence-electron chi connectivity index (χ3n) is 5.66. The second kappa shape index (κ2) is 8.90. The molecule has 3 heterocycles. The van der Waals surface area contributed by atoms with E-state index in [2.05, 4.69) is 15.2 Å². The van der Waals surface area contributed by atoms with Crippen LogP contribution >= 0.6 is 0 Å². The first-order valence-corrected chi connectivity index (χ1v) is 10.0. The number of hydrogen-bond donors (Lipinski definition) is 1. The number of anilines is 1. The molecular weight excluding hydrogens is 370 g/mol. The molecule has 2 saturated heterocycles. The van der Waals surface area contributed by atoms with Gasteiger partial charge in [0, 0.05) is 38.7 Å². The van der Waals surface area contributed by atoms with Gasteiger partial charge in [-0.3, -0.25) is 14.7 Å². The third kappa shape index (κ3) is 4.75. The molecule has 2 aliphatic heterocycles. The van der Waals surface area contributed by atoms with Gasteiger partial charge in [-0.2, -0.15) is 0 Å². The highest BCUT2D eigenvalue weighted by Crippen LogP contribution is 2.37. The number of likely N-dealkylation sites (tertiary alicyclic amines) is 1. The monoisotopic (exact) mass is 397 g/mol. The van der Waals surface area contributed by atoms with Crippen LogP contribution in [0.3, 0.4) is 0 Å². The van der Waals surface area contributed by atoms with Crippen molar-refractivity contribution < 1.29 is 19.0 Å². The molecule has 1 aromatic carbocycles. The number of nitrogens with one attached hydrogen (secondary N) is 1. The number of benzene rings is 1. The number of carbonyl (C=O) groups excluding carboxylic acids is 1. The van der Waals surface area contributed by atoms with E-state index in [0.29, 0.717) is 24.6 Å². The van der Waals surface area contributed by atoms with Gasteiger partial charge in [-0.05, 0) is 55.7 Å². The molecule has 0 bridgehead atoms. The fraction of sp³-hybridized carbons (Fsp3) is 0.455. The number of nitrogens with zero attached hydrogens (tertiary/aromatic N) is 2. The first kappa shape index (κ1) is 19.8. The Balaban J connectivity index is 1.28. The number of hydrogen-bond acceptors (Lipinski definition) is 6. The lowest BCUT2D eigenvalue weighted by atomic mass is 9.86. The largest absolute Gasteiger partial charge is 0.456 e. The summed E-state index contributed by atoms with van der Waals surface area (Å²) >= 11 is 0. The Morgan fingerprint density at radius 2 is 2.14 bits per heavy atom. The van der Waals surface area contributed by atoms with E-state index in [9.17, 15) is 4.79 Å². The maximum absolute atomic E-state index is 12.5. The van der Waals surface area contributed by atoms with Crippen molar-refractivity contribution in [1.29, 1.82) is 0 Å². The molecule has 2 aromatic rings. The maximum atomic E-state index is 12.5. The van der Waals surface area contributed by atoms with Crippen LogP contribution in [0.1, 0.15) is 19.3 Å². The van der Waals surface area contributed by atoms with Gasteiger partial charge in [-0.25, -0.2) is 0 Å². The topological polar surface area (TPSA) is 72.9 Å². The van der Waals surface area contributed by atoms with Gasteiger partial charge in [0.15, 0.2) is 0 Å². The number of pyridine rings is 1. The van der Waals surface area contributed by atoms with E-state index in [1.165, 1.54) is 0 Å². The first-order chi connectivity index (χ1) is 14.2. The average Bonchev–Trinajstić information content (AvgIpc) is 3.21. The molecule has 2 aliphatic rings. The predicted octanol–water partition coefficient (Wildman–Crippen LogP) is 3.08. The molecule has 7 heteroatoms. The maximum Gasteiger partial charge on any atom is 0.238 e. The predicted molar refractivity (Wildman–Crippen MR) is 109 cm³/mol. The molecule has 2 atom stereocenters. The van der Waals surface area contributed by atoms with E-state index in [-0.39, 0.29) is 17.6 Å². The summed E-state index contributed by atoms with van der Waals surface area (Å²) in [6.07, 6.45) is 6.39. The molecule has 7 nitrogen and oxygen atoms in total. The Morgan fingerprint density at radius 3 is 2.83 bits per heavy atom. The van der Waals surface area contributed by atoms with Gasteiger partial charge >= 0.3 is 0 Å². The molecule has 29 heavy (non-hydrogen) atoms. The molecule has 154 valence electrons. The molecule has 1 spiro atoms. The van der Waals surface area contributed by atoms with Crippen LogP contribution in [0.2, 0.25) is 0 Å². The molecule has 0 saturated carbocycles. The van der Waals surface area contributed by atoms with Gasteiger partial charge in [-0.15, -0.1) is 0 Å². The normalized spacial score (nSPS) is 24.5. The molecule has 2 fully saturated rings. The van der Waals surface area contributed by atoms with Crippen molar-refractivity contribution in [3.63, 3.8) is 0 Å². The average molecular weight is 397 g/mol. The second-order valence-electron chi connectivity index (χ2n) is 7.59. The summed E-state index contributed by atoms with van der Waals surface area (Å²) in [6, 6.07) is 11.0. The van der Waals surface area contributed by atoms with E-state index in [1.54, 1.807) is 19.5 Å². The smallest absolute Gasteiger partial charge is 0.238 e. The van der Waals surface area contributed by atoms with Crippen molar-refractivity contribution in [1.82, 2.24) is 9.88 Å². The van der Waals surface area contributed by atoms with Crippen LogP contribution < -0.4 is 10.1 Å². The number of carbonyl (C=O) groups is 1. The summed E-state index contributed by atoms with van der Waals surface area (Å²) in [5.41, 5.74) is 0.579. The van der Waals surface area contributed by atoms with E-state index in [0.717, 1.165) is 38.1 Å². The zero-order valence-electron chi connectivity index (χ0n) is 16.7. The van der Waals surface area contributed by atoms with Crippen molar-refractivity contribution in [2.24, 2.45) is 0 Å². The highest BCUT2D eigenvalue weighted by atomic mass is 16.5. The fourth-order valence-corrected chi connectivity index (χ4v) is 4.16. The lowest BCUT2D eigenvalue weighted by Crippen LogP contribution is -2.57. The Morgan fingerprint density at radius 1 is 1.28 bits per heavy atom. The van der Waals surface area contributed by atoms with Crippen LogP contribution in [0, 0.1) is 0 Å². The lowest BCUT2D eigenvalue weighted by Gasteiger charge is -2.44. The molecule has 1 aromatic heterocycles. The Bertz CT molecular complexity index is 807. The highest BCUT2D eigenvalue weighted by molar-refractivity contribution is 5.92. The lowest BCUT2D eigenvalue weighted by molar-refractivity contribution is -0.145. The number of rotatable bonds is 6. The Kier molecular flexibility index (Phi) is 6.08. The van der Waals surface area contributed by atoms with Crippen LogP contribution in [-0.2, 0) is 14.3 Å². The fourth-order valence-electron chi connectivity index (χ4n) is 4.16. The zero-order valence-corrected chi connectivity index (χ0v) is 16.7. The molecule has 1 amide bonds.